The van der Waals surface area contributed by atoms with Gasteiger partial charge < -0.3 is 11.1 Å². The molecule has 0 aromatic heterocycles. The van der Waals surface area contributed by atoms with Crippen molar-refractivity contribution in [2.75, 3.05) is 11.1 Å². The van der Waals surface area contributed by atoms with E-state index in [1.807, 2.05) is 39.0 Å². The predicted octanol–water partition coefficient (Wildman–Crippen LogP) is 4.03. The van der Waals surface area contributed by atoms with Crippen molar-refractivity contribution in [2.24, 2.45) is 0 Å². The van der Waals surface area contributed by atoms with Gasteiger partial charge in [0.2, 0.25) is 5.91 Å². The van der Waals surface area contributed by atoms with Gasteiger partial charge in [-0.2, -0.15) is 0 Å². The van der Waals surface area contributed by atoms with Crippen molar-refractivity contribution in [1.29, 1.82) is 0 Å². The summed E-state index contributed by atoms with van der Waals surface area (Å²) >= 11 is 6.00. The number of halogens is 1. The molecule has 0 atom stereocenters. The van der Waals surface area contributed by atoms with Gasteiger partial charge in [-0.25, -0.2) is 0 Å². The van der Waals surface area contributed by atoms with Crippen LogP contribution in [0.1, 0.15) is 22.3 Å². The van der Waals surface area contributed by atoms with E-state index in [1.54, 1.807) is 12.1 Å². The Kier molecular flexibility index (Phi) is 4.53. The van der Waals surface area contributed by atoms with E-state index in [2.05, 4.69) is 5.32 Å². The van der Waals surface area contributed by atoms with Gasteiger partial charge in [-0.15, -0.1) is 0 Å². The highest BCUT2D eigenvalue weighted by Gasteiger charge is 2.10. The van der Waals surface area contributed by atoms with E-state index in [9.17, 15) is 4.79 Å². The number of amides is 1. The number of hydrogen-bond acceptors (Lipinski definition) is 2. The van der Waals surface area contributed by atoms with Crippen LogP contribution in [0.15, 0.2) is 30.3 Å². The van der Waals surface area contributed by atoms with Crippen LogP contribution >= 0.6 is 11.6 Å². The number of benzene rings is 2. The maximum Gasteiger partial charge on any atom is 0.228 e. The maximum atomic E-state index is 12.2. The van der Waals surface area contributed by atoms with Crippen LogP contribution in [-0.2, 0) is 11.2 Å². The Morgan fingerprint density at radius 2 is 1.86 bits per heavy atom. The molecule has 110 valence electrons. The highest BCUT2D eigenvalue weighted by atomic mass is 35.5. The molecule has 2 aromatic rings. The molecule has 0 bridgehead atoms. The summed E-state index contributed by atoms with van der Waals surface area (Å²) in [6.07, 6.45) is 0.342. The first-order valence-corrected chi connectivity index (χ1v) is 7.16. The van der Waals surface area contributed by atoms with Crippen LogP contribution in [-0.4, -0.2) is 5.91 Å². The van der Waals surface area contributed by atoms with Gasteiger partial charge in [-0.05, 0) is 49.6 Å². The van der Waals surface area contributed by atoms with Gasteiger partial charge in [-0.1, -0.05) is 35.4 Å². The molecule has 21 heavy (non-hydrogen) atoms. The monoisotopic (exact) mass is 302 g/mol. The zero-order valence-corrected chi connectivity index (χ0v) is 13.2. The summed E-state index contributed by atoms with van der Waals surface area (Å²) < 4.78 is 0. The molecule has 2 aromatic carbocycles. The van der Waals surface area contributed by atoms with Crippen LogP contribution in [0.4, 0.5) is 11.4 Å². The number of nitrogen functional groups attached to an aromatic ring is 1. The molecule has 0 spiro atoms. The van der Waals surface area contributed by atoms with Crippen LogP contribution < -0.4 is 11.1 Å². The molecule has 4 heteroatoms. The number of nitrogens with one attached hydrogen (secondary N) is 1. The highest BCUT2D eigenvalue weighted by Crippen LogP contribution is 2.26. The van der Waals surface area contributed by atoms with E-state index in [0.717, 1.165) is 22.3 Å². The Hall–Kier alpha value is -2.00. The summed E-state index contributed by atoms with van der Waals surface area (Å²) in [5.74, 6) is -0.0624. The fraction of sp³-hybridized carbons (Fsp3) is 0.235. The maximum absolute atomic E-state index is 12.2. The molecule has 0 unspecified atom stereocenters. The summed E-state index contributed by atoms with van der Waals surface area (Å²) in [7, 11) is 0. The summed E-state index contributed by atoms with van der Waals surface area (Å²) in [4.78, 5) is 12.2. The number of rotatable bonds is 3. The summed E-state index contributed by atoms with van der Waals surface area (Å²) in [5, 5.41) is 3.34. The fourth-order valence-electron chi connectivity index (χ4n) is 2.20. The SMILES string of the molecule is Cc1ccc(C)c(CC(=O)Nc2cc(Cl)c(N)cc2C)c1. The largest absolute Gasteiger partial charge is 0.398 e. The minimum absolute atomic E-state index is 0.0624. The quantitative estimate of drug-likeness (QED) is 0.841. The Bertz CT molecular complexity index is 695. The van der Waals surface area contributed by atoms with E-state index in [4.69, 9.17) is 17.3 Å². The minimum atomic E-state index is -0.0624. The van der Waals surface area contributed by atoms with Crippen molar-refractivity contribution in [3.63, 3.8) is 0 Å². The van der Waals surface area contributed by atoms with Gasteiger partial charge in [0.15, 0.2) is 0 Å². The lowest BCUT2D eigenvalue weighted by molar-refractivity contribution is -0.115. The van der Waals surface area contributed by atoms with Crippen LogP contribution in [0.3, 0.4) is 0 Å². The first-order valence-electron chi connectivity index (χ1n) is 6.78. The van der Waals surface area contributed by atoms with Crippen LogP contribution in [0.25, 0.3) is 0 Å². The number of nitrogens with two attached hydrogens (primary N) is 1. The lowest BCUT2D eigenvalue weighted by Crippen LogP contribution is -2.16. The van der Waals surface area contributed by atoms with Crippen molar-refractivity contribution in [2.45, 2.75) is 27.2 Å². The Morgan fingerprint density at radius 1 is 1.14 bits per heavy atom. The Balaban J connectivity index is 2.15. The molecule has 3 N–H and O–H groups in total. The lowest BCUT2D eigenvalue weighted by atomic mass is 10.0. The number of hydrogen-bond donors (Lipinski definition) is 2. The summed E-state index contributed by atoms with van der Waals surface area (Å²) in [6.45, 7) is 5.92. The fourth-order valence-corrected chi connectivity index (χ4v) is 2.36. The van der Waals surface area contributed by atoms with Gasteiger partial charge in [0, 0.05) is 5.69 Å². The third-order valence-electron chi connectivity index (χ3n) is 3.47. The van der Waals surface area contributed by atoms with E-state index >= 15 is 0 Å². The molecule has 0 aliphatic carbocycles. The van der Waals surface area contributed by atoms with E-state index < -0.39 is 0 Å². The average molecular weight is 303 g/mol. The van der Waals surface area contributed by atoms with Gasteiger partial charge in [-0.3, -0.25) is 4.79 Å². The average Bonchev–Trinajstić information content (AvgIpc) is 2.40. The smallest absolute Gasteiger partial charge is 0.228 e. The molecule has 2 rings (SSSR count). The standard InChI is InChI=1S/C17H19ClN2O/c1-10-4-5-11(2)13(6-10)8-17(21)20-16-9-14(18)15(19)7-12(16)3/h4-7,9H,8,19H2,1-3H3,(H,20,21). The second-order valence-electron chi connectivity index (χ2n) is 5.34. The molecule has 1 amide bonds. The zero-order valence-electron chi connectivity index (χ0n) is 12.5. The Morgan fingerprint density at radius 3 is 2.57 bits per heavy atom. The third kappa shape index (κ3) is 3.76. The normalized spacial score (nSPS) is 10.5. The number of anilines is 2. The number of carbonyl (C=O) groups excluding carboxylic acids is 1. The molecule has 0 aliphatic heterocycles. The first kappa shape index (κ1) is 15.4. The van der Waals surface area contributed by atoms with Gasteiger partial charge >= 0.3 is 0 Å². The molecule has 0 saturated carbocycles. The molecule has 0 fully saturated rings. The molecule has 0 radical (unpaired) electrons. The van der Waals surface area contributed by atoms with Crippen LogP contribution in [0, 0.1) is 20.8 Å². The second kappa shape index (κ2) is 6.19. The summed E-state index contributed by atoms with van der Waals surface area (Å²) in [6, 6.07) is 9.56. The van der Waals surface area contributed by atoms with Crippen molar-refractivity contribution in [3.8, 4) is 0 Å². The molecule has 0 heterocycles. The third-order valence-corrected chi connectivity index (χ3v) is 3.80. The molecule has 0 saturated heterocycles. The number of aryl methyl sites for hydroxylation is 3. The molecule has 0 aliphatic rings. The van der Waals surface area contributed by atoms with Crippen molar-refractivity contribution in [1.82, 2.24) is 0 Å². The van der Waals surface area contributed by atoms with Gasteiger partial charge in [0.1, 0.15) is 0 Å². The van der Waals surface area contributed by atoms with E-state index in [0.29, 0.717) is 22.8 Å². The van der Waals surface area contributed by atoms with Crippen LogP contribution in [0.2, 0.25) is 5.02 Å². The minimum Gasteiger partial charge on any atom is -0.398 e. The van der Waals surface area contributed by atoms with Crippen molar-refractivity contribution in [3.05, 3.63) is 57.6 Å². The van der Waals surface area contributed by atoms with Crippen molar-refractivity contribution < 1.29 is 4.79 Å². The molecule has 3 nitrogen and oxygen atoms in total. The highest BCUT2D eigenvalue weighted by molar-refractivity contribution is 6.33. The molecular formula is C17H19ClN2O. The Labute approximate surface area is 130 Å². The second-order valence-corrected chi connectivity index (χ2v) is 5.75. The van der Waals surface area contributed by atoms with Crippen LogP contribution in [0.5, 0.6) is 0 Å². The van der Waals surface area contributed by atoms with E-state index in [-0.39, 0.29) is 5.91 Å². The molecular weight excluding hydrogens is 284 g/mol. The number of carbonyl (C=O) groups is 1. The lowest BCUT2D eigenvalue weighted by Gasteiger charge is -2.12. The van der Waals surface area contributed by atoms with Gasteiger partial charge in [0.05, 0.1) is 17.1 Å². The van der Waals surface area contributed by atoms with Crippen molar-refractivity contribution >= 4 is 28.9 Å². The predicted molar refractivity (Wildman–Crippen MR) is 88.9 cm³/mol. The first-order chi connectivity index (χ1) is 9.86. The topological polar surface area (TPSA) is 55.1 Å². The van der Waals surface area contributed by atoms with Gasteiger partial charge in [0.25, 0.3) is 0 Å². The van der Waals surface area contributed by atoms with E-state index in [1.165, 1.54) is 0 Å². The zero-order chi connectivity index (χ0) is 15.6. The summed E-state index contributed by atoms with van der Waals surface area (Å²) in [5.41, 5.74) is 11.1.